The summed E-state index contributed by atoms with van der Waals surface area (Å²) in [6.07, 6.45) is 7.66. The number of thiophene rings is 2. The second-order valence-corrected chi connectivity index (χ2v) is 15.7. The average molecular weight is 505 g/mol. The third kappa shape index (κ3) is 4.02. The molecule has 1 N–H and O–H groups in total. The summed E-state index contributed by atoms with van der Waals surface area (Å²) in [5.41, 5.74) is 1.21. The van der Waals surface area contributed by atoms with E-state index in [9.17, 15) is 18.8 Å². The van der Waals surface area contributed by atoms with Crippen molar-refractivity contribution in [2.24, 2.45) is 0 Å². The number of aliphatic hydroxyl groups excluding tert-OH is 1. The molecule has 0 aliphatic carbocycles. The van der Waals surface area contributed by atoms with Gasteiger partial charge in [-0.3, -0.25) is 0 Å². The smallest absolute Gasteiger partial charge is 0.175 e. The number of fused-ring (bicyclic) bond motifs is 3. The van der Waals surface area contributed by atoms with Crippen molar-refractivity contribution in [2.45, 2.75) is 14.7 Å². The molecule has 168 valence electrons. The molecule has 1 aliphatic rings. The predicted octanol–water partition coefficient (Wildman–Crippen LogP) is 5.17. The van der Waals surface area contributed by atoms with E-state index in [1.165, 1.54) is 25.8 Å². The predicted molar refractivity (Wildman–Crippen MR) is 137 cm³/mol. The van der Waals surface area contributed by atoms with Crippen LogP contribution in [-0.4, -0.2) is 52.5 Å². The molecule has 1 aliphatic heterocycles. The van der Waals surface area contributed by atoms with Crippen molar-refractivity contribution in [3.8, 4) is 15.8 Å². The fourth-order valence-corrected chi connectivity index (χ4v) is 10.5. The summed E-state index contributed by atoms with van der Waals surface area (Å²) in [5, 5.41) is 20.2. The minimum atomic E-state index is -3.27. The van der Waals surface area contributed by atoms with Crippen LogP contribution >= 0.6 is 32.7 Å². The molecule has 9 heteroatoms. The maximum absolute atomic E-state index is 11.7. The van der Waals surface area contributed by atoms with Gasteiger partial charge in [0.15, 0.2) is 9.84 Å². The minimum Gasteiger partial charge on any atom is -0.395 e. The number of rotatable bonds is 6. The normalized spacial score (nSPS) is 15.7. The number of allylic oxidation sites excluding steroid dienone is 1. The van der Waals surface area contributed by atoms with Gasteiger partial charge in [0.2, 0.25) is 0 Å². The lowest BCUT2D eigenvalue weighted by Gasteiger charge is -2.26. The number of sulfone groups is 1. The van der Waals surface area contributed by atoms with Gasteiger partial charge in [0.1, 0.15) is 0 Å². The summed E-state index contributed by atoms with van der Waals surface area (Å²) in [5.74, 6) is 0. The quantitative estimate of drug-likeness (QED) is 0.469. The van der Waals surface area contributed by atoms with Gasteiger partial charge in [0, 0.05) is 34.5 Å². The lowest BCUT2D eigenvalue weighted by Crippen LogP contribution is -2.19. The molecule has 0 bridgehead atoms. The summed E-state index contributed by atoms with van der Waals surface area (Å²) in [7, 11) is -2.42. The van der Waals surface area contributed by atoms with Crippen molar-refractivity contribution in [1.82, 2.24) is 0 Å². The van der Waals surface area contributed by atoms with E-state index in [0.717, 1.165) is 9.88 Å². The SMILES string of the molecule is CN(CCO)c1cc2c(s1)-c1sc(/C=C(\C#N)c3ccc(S(C)(=O)=O)cc3)cc1S2(C)C. The highest BCUT2D eigenvalue weighted by Gasteiger charge is 2.36. The molecule has 0 amide bonds. The first-order valence-electron chi connectivity index (χ1n) is 9.82. The van der Waals surface area contributed by atoms with Crippen molar-refractivity contribution in [3.05, 3.63) is 46.8 Å². The molecule has 1 aromatic carbocycles. The maximum Gasteiger partial charge on any atom is 0.175 e. The molecule has 0 saturated heterocycles. The zero-order valence-corrected chi connectivity index (χ0v) is 21.5. The van der Waals surface area contributed by atoms with Crippen molar-refractivity contribution in [2.75, 3.05) is 43.9 Å². The van der Waals surface area contributed by atoms with Crippen LogP contribution in [0.4, 0.5) is 5.00 Å². The fourth-order valence-electron chi connectivity index (χ4n) is 3.67. The van der Waals surface area contributed by atoms with E-state index < -0.39 is 19.9 Å². The Morgan fingerprint density at radius 3 is 2.38 bits per heavy atom. The van der Waals surface area contributed by atoms with Crippen molar-refractivity contribution in [1.29, 1.82) is 5.26 Å². The van der Waals surface area contributed by atoms with E-state index in [2.05, 4.69) is 35.6 Å². The van der Waals surface area contributed by atoms with E-state index in [4.69, 9.17) is 0 Å². The summed E-state index contributed by atoms with van der Waals surface area (Å²) in [4.78, 5) is 8.63. The number of hydrogen-bond donors (Lipinski definition) is 1. The lowest BCUT2D eigenvalue weighted by atomic mass is 10.1. The number of nitriles is 1. The molecule has 0 fully saturated rings. The third-order valence-corrected chi connectivity index (χ3v) is 12.2. The van der Waals surface area contributed by atoms with Gasteiger partial charge in [-0.25, -0.2) is 8.42 Å². The number of likely N-dealkylation sites (N-methyl/N-ethyl adjacent to an activating group) is 1. The van der Waals surface area contributed by atoms with Crippen molar-refractivity contribution >= 4 is 59.2 Å². The molecule has 0 atom stereocenters. The molecule has 5 nitrogen and oxygen atoms in total. The summed E-state index contributed by atoms with van der Waals surface area (Å²) >= 11 is 3.45. The van der Waals surface area contributed by atoms with Crippen LogP contribution in [0.2, 0.25) is 0 Å². The largest absolute Gasteiger partial charge is 0.395 e. The van der Waals surface area contributed by atoms with Gasteiger partial charge >= 0.3 is 0 Å². The first-order valence-corrected chi connectivity index (χ1v) is 15.8. The van der Waals surface area contributed by atoms with E-state index in [1.807, 2.05) is 13.1 Å². The van der Waals surface area contributed by atoms with Crippen LogP contribution in [0.15, 0.2) is 51.1 Å². The monoisotopic (exact) mass is 504 g/mol. The molecule has 0 unspecified atom stereocenters. The third-order valence-electron chi connectivity index (χ3n) is 5.52. The Bertz CT molecular complexity index is 1360. The van der Waals surface area contributed by atoms with Crippen LogP contribution in [0.1, 0.15) is 10.4 Å². The van der Waals surface area contributed by atoms with Crippen molar-refractivity contribution < 1.29 is 13.5 Å². The summed E-state index contributed by atoms with van der Waals surface area (Å²) in [6.45, 7) is 0.723. The number of benzene rings is 1. The molecule has 3 aromatic rings. The molecule has 0 saturated carbocycles. The van der Waals surface area contributed by atoms with Crippen LogP contribution in [0.3, 0.4) is 0 Å². The second kappa shape index (κ2) is 8.36. The van der Waals surface area contributed by atoms with Crippen LogP contribution in [0.5, 0.6) is 0 Å². The van der Waals surface area contributed by atoms with Gasteiger partial charge in [-0.1, -0.05) is 12.1 Å². The number of anilines is 1. The Morgan fingerprint density at radius 2 is 1.78 bits per heavy atom. The summed E-state index contributed by atoms with van der Waals surface area (Å²) in [6, 6.07) is 13.2. The number of nitrogens with zero attached hydrogens (tertiary/aromatic N) is 2. The standard InChI is InChI=1S/C23H24N2O3S4/c1-25(9-10-26)21-13-20-23(30-21)22-19(31(20,2)3)12-17(29-22)11-16(14-24)15-5-7-18(8-6-15)32(4,27)28/h5-8,11-13,26H,9-10H2,1-4H3/b16-11+. The lowest BCUT2D eigenvalue weighted by molar-refractivity contribution is 0.304. The van der Waals surface area contributed by atoms with Crippen LogP contribution in [-0.2, 0) is 9.84 Å². The molecular formula is C23H24N2O3S4. The number of aliphatic hydroxyl groups is 1. The van der Waals surface area contributed by atoms with Crippen LogP contribution in [0, 0.1) is 11.3 Å². The first-order chi connectivity index (χ1) is 15.1. The van der Waals surface area contributed by atoms with Gasteiger partial charge in [-0.2, -0.15) is 15.3 Å². The van der Waals surface area contributed by atoms with Gasteiger partial charge < -0.3 is 10.0 Å². The molecule has 2 aromatic heterocycles. The van der Waals surface area contributed by atoms with E-state index >= 15 is 0 Å². The average Bonchev–Trinajstić information content (AvgIpc) is 3.40. The maximum atomic E-state index is 11.7. The Balaban J connectivity index is 1.71. The zero-order valence-electron chi connectivity index (χ0n) is 18.2. The van der Waals surface area contributed by atoms with Gasteiger partial charge in [-0.05, 0) is 48.4 Å². The molecule has 4 rings (SSSR count). The van der Waals surface area contributed by atoms with E-state index in [-0.39, 0.29) is 11.5 Å². The topological polar surface area (TPSA) is 81.4 Å². The highest BCUT2D eigenvalue weighted by atomic mass is 32.3. The van der Waals surface area contributed by atoms with Crippen LogP contribution < -0.4 is 4.90 Å². The van der Waals surface area contributed by atoms with Gasteiger partial charge in [-0.15, -0.1) is 22.7 Å². The highest BCUT2D eigenvalue weighted by Crippen LogP contribution is 2.71. The molecule has 32 heavy (non-hydrogen) atoms. The number of hydrogen-bond acceptors (Lipinski definition) is 7. The molecule has 0 radical (unpaired) electrons. The fraction of sp³-hybridized carbons (Fsp3) is 0.261. The van der Waals surface area contributed by atoms with Gasteiger partial charge in [0.05, 0.1) is 37.9 Å². The molecular weight excluding hydrogens is 481 g/mol. The van der Waals surface area contributed by atoms with Crippen molar-refractivity contribution in [3.63, 3.8) is 0 Å². The molecule has 0 spiro atoms. The van der Waals surface area contributed by atoms with Crippen LogP contribution in [0.25, 0.3) is 21.4 Å². The zero-order chi connectivity index (χ0) is 23.3. The Morgan fingerprint density at radius 1 is 1.16 bits per heavy atom. The molecule has 3 heterocycles. The Hall–Kier alpha value is -2.09. The Kier molecular flexibility index (Phi) is 6.03. The Labute approximate surface area is 198 Å². The van der Waals surface area contributed by atoms with Gasteiger partial charge in [0.25, 0.3) is 0 Å². The minimum absolute atomic E-state index is 0.122. The highest BCUT2D eigenvalue weighted by molar-refractivity contribution is 8.33. The first kappa shape index (κ1) is 23.1. The van der Waals surface area contributed by atoms with E-state index in [1.54, 1.807) is 46.9 Å². The summed E-state index contributed by atoms with van der Waals surface area (Å²) < 4.78 is 23.4. The van der Waals surface area contributed by atoms with E-state index in [0.29, 0.717) is 17.7 Å². The second-order valence-electron chi connectivity index (χ2n) is 8.06.